The van der Waals surface area contributed by atoms with Crippen LogP contribution in [0.2, 0.25) is 0 Å². The number of carbonyl (C=O) groups is 2. The van der Waals surface area contributed by atoms with Gasteiger partial charge in [-0.25, -0.2) is 9.07 Å². The Balaban J connectivity index is 1.36. The van der Waals surface area contributed by atoms with Crippen LogP contribution in [0, 0.1) is 5.82 Å². The molecule has 0 radical (unpaired) electrons. The van der Waals surface area contributed by atoms with Gasteiger partial charge in [0.1, 0.15) is 23.9 Å². The van der Waals surface area contributed by atoms with Gasteiger partial charge in [0, 0.05) is 0 Å². The molecule has 0 aliphatic carbocycles. The van der Waals surface area contributed by atoms with Gasteiger partial charge in [-0.2, -0.15) is 5.10 Å². The average Bonchev–Trinajstić information content (AvgIpc) is 3.49. The first-order valence-electron chi connectivity index (χ1n) is 10.2. The number of amides is 2. The van der Waals surface area contributed by atoms with Crippen LogP contribution in [0.1, 0.15) is 39.3 Å². The second-order valence-electron chi connectivity index (χ2n) is 7.02. The van der Waals surface area contributed by atoms with Gasteiger partial charge in [-0.3, -0.25) is 20.4 Å². The Hall–Kier alpha value is -4.40. The first-order valence-corrected chi connectivity index (χ1v) is 10.2. The predicted molar refractivity (Wildman–Crippen MR) is 117 cm³/mol. The van der Waals surface area contributed by atoms with Gasteiger partial charge in [0.05, 0.1) is 23.1 Å². The van der Waals surface area contributed by atoms with Gasteiger partial charge in [-0.1, -0.05) is 25.1 Å². The molecule has 8 nitrogen and oxygen atoms in total. The number of aromatic nitrogens is 2. The number of hydrazine groups is 1. The van der Waals surface area contributed by atoms with Crippen LogP contribution < -0.4 is 15.6 Å². The number of carbonyl (C=O) groups excluding carboxylic acids is 2. The zero-order chi connectivity index (χ0) is 23.2. The number of hydrogen-bond donors (Lipinski definition) is 2. The van der Waals surface area contributed by atoms with E-state index in [-0.39, 0.29) is 18.2 Å². The van der Waals surface area contributed by atoms with Crippen LogP contribution in [0.25, 0.3) is 5.69 Å². The van der Waals surface area contributed by atoms with E-state index in [1.165, 1.54) is 24.4 Å². The van der Waals surface area contributed by atoms with Crippen molar-refractivity contribution < 1.29 is 23.1 Å². The minimum absolute atomic E-state index is 0.0275. The number of ether oxygens (including phenoxy) is 1. The standard InChI is InChI=1S/C24H21FN4O4/c1-2-21-20(14-26-29(21)17-10-8-16(25)9-11-17)23(30)27-28-24(31)22-13-12-19(33-22)15-32-18-6-4-3-5-7-18/h3-14H,2,15H2,1H3,(H,27,30)(H,28,31). The third kappa shape index (κ3) is 5.09. The van der Waals surface area contributed by atoms with Gasteiger partial charge in [-0.05, 0) is 55.0 Å². The van der Waals surface area contributed by atoms with Gasteiger partial charge in [0.25, 0.3) is 5.91 Å². The first-order chi connectivity index (χ1) is 16.0. The highest BCUT2D eigenvalue weighted by Gasteiger charge is 2.19. The maximum absolute atomic E-state index is 13.2. The number of nitrogens with one attached hydrogen (secondary N) is 2. The van der Waals surface area contributed by atoms with E-state index >= 15 is 0 Å². The van der Waals surface area contributed by atoms with E-state index in [9.17, 15) is 14.0 Å². The molecular weight excluding hydrogens is 427 g/mol. The van der Waals surface area contributed by atoms with Crippen molar-refractivity contribution in [2.45, 2.75) is 20.0 Å². The van der Waals surface area contributed by atoms with Gasteiger partial charge in [-0.15, -0.1) is 0 Å². The van der Waals surface area contributed by atoms with E-state index in [4.69, 9.17) is 9.15 Å². The highest BCUT2D eigenvalue weighted by Crippen LogP contribution is 2.17. The molecule has 0 atom stereocenters. The molecule has 2 amide bonds. The van der Waals surface area contributed by atoms with Gasteiger partial charge in [0.2, 0.25) is 0 Å². The number of hydrogen-bond acceptors (Lipinski definition) is 5. The van der Waals surface area contributed by atoms with Crippen LogP contribution in [-0.4, -0.2) is 21.6 Å². The van der Waals surface area contributed by atoms with E-state index in [1.807, 2.05) is 37.3 Å². The van der Waals surface area contributed by atoms with E-state index < -0.39 is 11.8 Å². The second kappa shape index (κ2) is 9.82. The monoisotopic (exact) mass is 448 g/mol. The lowest BCUT2D eigenvalue weighted by Gasteiger charge is -2.09. The third-order valence-electron chi connectivity index (χ3n) is 4.82. The summed E-state index contributed by atoms with van der Waals surface area (Å²) in [5.74, 6) is -0.340. The van der Waals surface area contributed by atoms with Crippen LogP contribution in [0.15, 0.2) is 77.3 Å². The summed E-state index contributed by atoms with van der Waals surface area (Å²) in [5.41, 5.74) is 6.23. The smallest absolute Gasteiger partial charge is 0.305 e. The molecule has 2 N–H and O–H groups in total. The fraction of sp³-hybridized carbons (Fsp3) is 0.125. The van der Waals surface area contributed by atoms with Crippen molar-refractivity contribution in [1.82, 2.24) is 20.6 Å². The zero-order valence-electron chi connectivity index (χ0n) is 17.7. The van der Waals surface area contributed by atoms with Crippen molar-refractivity contribution in [3.8, 4) is 11.4 Å². The Morgan fingerprint density at radius 3 is 2.45 bits per heavy atom. The van der Waals surface area contributed by atoms with Crippen molar-refractivity contribution in [3.05, 3.63) is 102 Å². The molecule has 33 heavy (non-hydrogen) atoms. The molecule has 2 heterocycles. The summed E-state index contributed by atoms with van der Waals surface area (Å²) in [5, 5.41) is 4.23. The molecule has 0 aliphatic heterocycles. The summed E-state index contributed by atoms with van der Waals surface area (Å²) in [6, 6.07) is 18.1. The molecule has 0 saturated carbocycles. The highest BCUT2D eigenvalue weighted by molar-refractivity contribution is 5.98. The molecule has 0 fully saturated rings. The van der Waals surface area contributed by atoms with Gasteiger partial charge < -0.3 is 9.15 Å². The highest BCUT2D eigenvalue weighted by atomic mass is 19.1. The van der Waals surface area contributed by atoms with Crippen LogP contribution in [-0.2, 0) is 13.0 Å². The number of nitrogens with zero attached hydrogens (tertiary/aromatic N) is 2. The summed E-state index contributed by atoms with van der Waals surface area (Å²) in [6.07, 6.45) is 1.90. The van der Waals surface area contributed by atoms with E-state index in [0.29, 0.717) is 34.9 Å². The number of furan rings is 1. The molecule has 0 unspecified atom stereocenters. The number of rotatable bonds is 7. The second-order valence-corrected chi connectivity index (χ2v) is 7.02. The Morgan fingerprint density at radius 2 is 1.73 bits per heavy atom. The fourth-order valence-electron chi connectivity index (χ4n) is 3.20. The van der Waals surface area contributed by atoms with Gasteiger partial charge in [0.15, 0.2) is 5.76 Å². The van der Waals surface area contributed by atoms with Crippen molar-refractivity contribution >= 4 is 11.8 Å². The third-order valence-corrected chi connectivity index (χ3v) is 4.82. The molecule has 9 heteroatoms. The lowest BCUT2D eigenvalue weighted by molar-refractivity contribution is 0.0828. The quantitative estimate of drug-likeness (QED) is 0.419. The molecule has 0 bridgehead atoms. The van der Waals surface area contributed by atoms with Crippen molar-refractivity contribution in [1.29, 1.82) is 0 Å². The molecule has 0 aliphatic rings. The molecule has 2 aromatic carbocycles. The van der Waals surface area contributed by atoms with Gasteiger partial charge >= 0.3 is 5.91 Å². The lowest BCUT2D eigenvalue weighted by atomic mass is 10.2. The summed E-state index contributed by atoms with van der Waals surface area (Å²) >= 11 is 0. The van der Waals surface area contributed by atoms with Crippen LogP contribution in [0.3, 0.4) is 0 Å². The Labute approximate surface area is 189 Å². The number of benzene rings is 2. The topological polar surface area (TPSA) is 98.4 Å². The molecular formula is C24H21FN4O4. The molecule has 4 rings (SSSR count). The van der Waals surface area contributed by atoms with E-state index in [0.717, 1.165) is 0 Å². The van der Waals surface area contributed by atoms with Crippen molar-refractivity contribution in [2.75, 3.05) is 0 Å². The molecule has 2 aromatic heterocycles. The molecule has 0 saturated heterocycles. The average molecular weight is 448 g/mol. The zero-order valence-corrected chi connectivity index (χ0v) is 17.7. The number of halogens is 1. The largest absolute Gasteiger partial charge is 0.486 e. The lowest BCUT2D eigenvalue weighted by Crippen LogP contribution is -2.41. The maximum Gasteiger partial charge on any atom is 0.305 e. The summed E-state index contributed by atoms with van der Waals surface area (Å²) in [4.78, 5) is 25.0. The minimum Gasteiger partial charge on any atom is -0.486 e. The normalized spacial score (nSPS) is 10.6. The Kier molecular flexibility index (Phi) is 6.49. The molecule has 168 valence electrons. The summed E-state index contributed by atoms with van der Waals surface area (Å²) in [7, 11) is 0. The van der Waals surface area contributed by atoms with Crippen molar-refractivity contribution in [2.24, 2.45) is 0 Å². The van der Waals surface area contributed by atoms with Crippen molar-refractivity contribution in [3.63, 3.8) is 0 Å². The molecule has 0 spiro atoms. The minimum atomic E-state index is -0.613. The Bertz CT molecular complexity index is 1250. The molecule has 4 aromatic rings. The van der Waals surface area contributed by atoms with Crippen LogP contribution >= 0.6 is 0 Å². The predicted octanol–water partition coefficient (Wildman–Crippen LogP) is 3.82. The van der Waals surface area contributed by atoms with Crippen LogP contribution in [0.4, 0.5) is 4.39 Å². The first kappa shape index (κ1) is 21.8. The summed E-state index contributed by atoms with van der Waals surface area (Å²) in [6.45, 7) is 2.03. The SMILES string of the molecule is CCc1c(C(=O)NNC(=O)c2ccc(COc3ccccc3)o2)cnn1-c1ccc(F)cc1. The Morgan fingerprint density at radius 1 is 1.00 bits per heavy atom. The van der Waals surface area contributed by atoms with E-state index in [1.54, 1.807) is 22.9 Å². The fourth-order valence-corrected chi connectivity index (χ4v) is 3.20. The maximum atomic E-state index is 13.2. The summed E-state index contributed by atoms with van der Waals surface area (Å²) < 4.78 is 25.8. The van der Waals surface area contributed by atoms with E-state index in [2.05, 4.69) is 16.0 Å². The van der Waals surface area contributed by atoms with Crippen LogP contribution in [0.5, 0.6) is 5.75 Å². The number of para-hydroxylation sites is 1.